The third-order valence-corrected chi connectivity index (χ3v) is 5.50. The molecule has 1 aromatic carbocycles. The van der Waals surface area contributed by atoms with Gasteiger partial charge in [-0.25, -0.2) is 0 Å². The Morgan fingerprint density at radius 3 is 2.63 bits per heavy atom. The zero-order chi connectivity index (χ0) is 13.5. The van der Waals surface area contributed by atoms with E-state index >= 15 is 0 Å². The summed E-state index contributed by atoms with van der Waals surface area (Å²) < 4.78 is 33.4. The largest absolute Gasteiger partial charge is 0.397 e. The molecule has 1 aromatic rings. The van der Waals surface area contributed by atoms with E-state index in [0.717, 1.165) is 5.56 Å². The Hall–Kier alpha value is -1.31. The topological polar surface area (TPSA) is 75.9 Å². The van der Waals surface area contributed by atoms with Crippen LogP contribution in [0, 0.1) is 0 Å². The Kier molecular flexibility index (Phi) is 3.12. The van der Waals surface area contributed by atoms with Crippen LogP contribution in [-0.4, -0.2) is 45.6 Å². The van der Waals surface area contributed by atoms with Crippen molar-refractivity contribution >= 4 is 21.6 Å². The molecule has 0 spiro atoms. The number of hydrogen-bond acceptors (Lipinski definition) is 4. The highest BCUT2D eigenvalue weighted by Crippen LogP contribution is 2.36. The first-order chi connectivity index (χ1) is 9.10. The number of ether oxygens (including phenoxy) is 1. The summed E-state index contributed by atoms with van der Waals surface area (Å²) in [6, 6.07) is 5.53. The molecule has 7 heteroatoms. The molecule has 6 nitrogen and oxygen atoms in total. The maximum Gasteiger partial charge on any atom is 0.304 e. The number of fused-ring (bicyclic) bond motifs is 1. The molecule has 0 aliphatic carbocycles. The second-order valence-electron chi connectivity index (χ2n) is 4.70. The van der Waals surface area contributed by atoms with Gasteiger partial charge in [0.2, 0.25) is 0 Å². The Morgan fingerprint density at radius 1 is 1.16 bits per heavy atom. The smallest absolute Gasteiger partial charge is 0.304 e. The summed E-state index contributed by atoms with van der Waals surface area (Å²) in [5.41, 5.74) is 8.10. The second-order valence-corrected chi connectivity index (χ2v) is 6.55. The average Bonchev–Trinajstić information content (AvgIpc) is 2.86. The van der Waals surface area contributed by atoms with Gasteiger partial charge >= 0.3 is 10.2 Å². The molecule has 104 valence electrons. The maximum absolute atomic E-state index is 12.6. The predicted molar refractivity (Wildman–Crippen MR) is 73.2 cm³/mol. The van der Waals surface area contributed by atoms with Gasteiger partial charge in [0.15, 0.2) is 0 Å². The van der Waals surface area contributed by atoms with Crippen LogP contribution in [0.3, 0.4) is 0 Å². The molecule has 1 saturated heterocycles. The van der Waals surface area contributed by atoms with Gasteiger partial charge in [-0.1, -0.05) is 12.1 Å². The van der Waals surface area contributed by atoms with Crippen molar-refractivity contribution in [1.82, 2.24) is 4.31 Å². The van der Waals surface area contributed by atoms with E-state index in [1.54, 1.807) is 6.07 Å². The number of para-hydroxylation sites is 1. The average molecular weight is 283 g/mol. The SMILES string of the molecule is Nc1cccc2c1N(S(=O)(=O)N1CCOCC1)CC2. The van der Waals surface area contributed by atoms with Crippen LogP contribution in [0.4, 0.5) is 11.4 Å². The lowest BCUT2D eigenvalue weighted by molar-refractivity contribution is 0.0729. The number of nitrogens with two attached hydrogens (primary N) is 1. The van der Waals surface area contributed by atoms with Crippen molar-refractivity contribution in [3.63, 3.8) is 0 Å². The van der Waals surface area contributed by atoms with Crippen LogP contribution >= 0.6 is 0 Å². The number of hydrogen-bond donors (Lipinski definition) is 1. The summed E-state index contributed by atoms with van der Waals surface area (Å²) in [6.07, 6.45) is 0.712. The van der Waals surface area contributed by atoms with Crippen LogP contribution < -0.4 is 10.0 Å². The van der Waals surface area contributed by atoms with Gasteiger partial charge in [0.05, 0.1) is 24.6 Å². The summed E-state index contributed by atoms with van der Waals surface area (Å²) in [5, 5.41) is 0. The molecule has 0 atom stereocenters. The first kappa shape index (κ1) is 12.7. The molecule has 3 rings (SSSR count). The van der Waals surface area contributed by atoms with Crippen molar-refractivity contribution in [2.24, 2.45) is 0 Å². The number of benzene rings is 1. The van der Waals surface area contributed by atoms with E-state index in [1.807, 2.05) is 12.1 Å². The minimum Gasteiger partial charge on any atom is -0.397 e. The molecule has 1 fully saturated rings. The van der Waals surface area contributed by atoms with Gasteiger partial charge in [-0.2, -0.15) is 12.7 Å². The van der Waals surface area contributed by atoms with Gasteiger partial charge in [-0.05, 0) is 18.1 Å². The van der Waals surface area contributed by atoms with E-state index in [-0.39, 0.29) is 0 Å². The number of morpholine rings is 1. The van der Waals surface area contributed by atoms with Gasteiger partial charge in [0, 0.05) is 19.6 Å². The lowest BCUT2D eigenvalue weighted by Gasteiger charge is -2.31. The van der Waals surface area contributed by atoms with Gasteiger partial charge in [-0.3, -0.25) is 4.31 Å². The summed E-state index contributed by atoms with van der Waals surface area (Å²) >= 11 is 0. The molecule has 0 amide bonds. The second kappa shape index (κ2) is 4.66. The molecular weight excluding hydrogens is 266 g/mol. The molecule has 0 saturated carbocycles. The monoisotopic (exact) mass is 283 g/mol. The normalized spacial score (nSPS) is 20.5. The fraction of sp³-hybridized carbons (Fsp3) is 0.500. The fourth-order valence-electron chi connectivity index (χ4n) is 2.60. The third kappa shape index (κ3) is 2.07. The molecule has 2 heterocycles. The lowest BCUT2D eigenvalue weighted by Crippen LogP contribution is -2.48. The van der Waals surface area contributed by atoms with Crippen LogP contribution in [-0.2, 0) is 21.4 Å². The number of rotatable bonds is 2. The van der Waals surface area contributed by atoms with E-state index in [2.05, 4.69) is 0 Å². The zero-order valence-corrected chi connectivity index (χ0v) is 11.4. The number of anilines is 2. The molecular formula is C12H17N3O3S. The van der Waals surface area contributed by atoms with Crippen molar-refractivity contribution in [2.45, 2.75) is 6.42 Å². The highest BCUT2D eigenvalue weighted by Gasteiger charge is 2.36. The molecule has 0 radical (unpaired) electrons. The molecule has 0 unspecified atom stereocenters. The van der Waals surface area contributed by atoms with Crippen LogP contribution in [0.2, 0.25) is 0 Å². The van der Waals surface area contributed by atoms with Gasteiger partial charge in [0.25, 0.3) is 0 Å². The summed E-state index contributed by atoms with van der Waals surface area (Å²) in [4.78, 5) is 0. The Labute approximate surface area is 112 Å². The van der Waals surface area contributed by atoms with Crippen LogP contribution in [0.25, 0.3) is 0 Å². The van der Waals surface area contributed by atoms with Crippen molar-refractivity contribution < 1.29 is 13.2 Å². The van der Waals surface area contributed by atoms with Gasteiger partial charge in [-0.15, -0.1) is 0 Å². The van der Waals surface area contributed by atoms with E-state index in [9.17, 15) is 8.42 Å². The predicted octanol–water partition coefficient (Wildman–Crippen LogP) is 0.208. The number of nitrogen functional groups attached to an aromatic ring is 1. The molecule has 0 bridgehead atoms. The number of nitrogens with zero attached hydrogens (tertiary/aromatic N) is 2. The third-order valence-electron chi connectivity index (χ3n) is 3.56. The first-order valence-corrected chi connectivity index (χ1v) is 7.73. The minimum absolute atomic E-state index is 0.404. The van der Waals surface area contributed by atoms with E-state index < -0.39 is 10.2 Å². The highest BCUT2D eigenvalue weighted by molar-refractivity contribution is 7.90. The van der Waals surface area contributed by atoms with E-state index in [1.165, 1.54) is 8.61 Å². The minimum atomic E-state index is -3.49. The standard InChI is InChI=1S/C12H17N3O3S/c13-11-3-1-2-10-4-5-15(12(10)11)19(16,17)14-6-8-18-9-7-14/h1-3H,4-9,13H2. The zero-order valence-electron chi connectivity index (χ0n) is 10.6. The van der Waals surface area contributed by atoms with Crippen molar-refractivity contribution in [3.8, 4) is 0 Å². The molecule has 19 heavy (non-hydrogen) atoms. The summed E-state index contributed by atoms with van der Waals surface area (Å²) in [5.74, 6) is 0. The fourth-order valence-corrected chi connectivity index (χ4v) is 4.26. The van der Waals surface area contributed by atoms with Crippen molar-refractivity contribution in [1.29, 1.82) is 0 Å². The van der Waals surface area contributed by atoms with Crippen LogP contribution in [0.5, 0.6) is 0 Å². The maximum atomic E-state index is 12.6. The molecule has 2 aliphatic rings. The highest BCUT2D eigenvalue weighted by atomic mass is 32.2. The van der Waals surface area contributed by atoms with Gasteiger partial charge in [0.1, 0.15) is 0 Å². The first-order valence-electron chi connectivity index (χ1n) is 6.33. The van der Waals surface area contributed by atoms with Gasteiger partial charge < -0.3 is 10.5 Å². The quantitative estimate of drug-likeness (QED) is 0.787. The van der Waals surface area contributed by atoms with E-state index in [0.29, 0.717) is 50.6 Å². The lowest BCUT2D eigenvalue weighted by atomic mass is 10.1. The van der Waals surface area contributed by atoms with E-state index in [4.69, 9.17) is 10.5 Å². The Morgan fingerprint density at radius 2 is 1.89 bits per heavy atom. The molecule has 2 aliphatic heterocycles. The van der Waals surface area contributed by atoms with Crippen LogP contribution in [0.15, 0.2) is 18.2 Å². The van der Waals surface area contributed by atoms with Crippen molar-refractivity contribution in [3.05, 3.63) is 23.8 Å². The Balaban J connectivity index is 1.96. The van der Waals surface area contributed by atoms with Crippen LogP contribution in [0.1, 0.15) is 5.56 Å². The van der Waals surface area contributed by atoms with Crippen molar-refractivity contribution in [2.75, 3.05) is 42.9 Å². The molecule has 2 N–H and O–H groups in total. The summed E-state index contributed by atoms with van der Waals surface area (Å²) in [6.45, 7) is 2.17. The Bertz CT molecular complexity index is 582. The molecule has 0 aromatic heterocycles. The summed E-state index contributed by atoms with van der Waals surface area (Å²) in [7, 11) is -3.49.